The van der Waals surface area contributed by atoms with Crippen LogP contribution in [0, 0.1) is 0 Å². The number of carbonyl (C=O) groups excluding carboxylic acids is 1. The molecule has 0 atom stereocenters. The summed E-state index contributed by atoms with van der Waals surface area (Å²) in [6.07, 6.45) is -3.66. The Kier molecular flexibility index (Phi) is 3.22. The Morgan fingerprint density at radius 1 is 1.44 bits per heavy atom. The number of rotatable bonds is 3. The van der Waals surface area contributed by atoms with E-state index in [1.54, 1.807) is 0 Å². The molecule has 18 heavy (non-hydrogen) atoms. The molecular formula is C10H7F3N2O2S. The Bertz CT molecular complexity index is 574. The van der Waals surface area contributed by atoms with Gasteiger partial charge in [-0.3, -0.25) is 4.79 Å². The van der Waals surface area contributed by atoms with Gasteiger partial charge in [-0.1, -0.05) is 0 Å². The molecule has 2 aromatic heterocycles. The Labute approximate surface area is 103 Å². The lowest BCUT2D eigenvalue weighted by Crippen LogP contribution is -2.03. The van der Waals surface area contributed by atoms with E-state index in [0.717, 1.165) is 6.20 Å². The number of nitrogens with two attached hydrogens (primary N) is 1. The zero-order valence-electron chi connectivity index (χ0n) is 8.82. The molecule has 2 heterocycles. The normalized spacial score (nSPS) is 11.8. The molecule has 0 unspecified atom stereocenters. The van der Waals surface area contributed by atoms with Crippen molar-refractivity contribution < 1.29 is 22.4 Å². The number of halogens is 3. The van der Waals surface area contributed by atoms with Crippen LogP contribution in [0.5, 0.6) is 0 Å². The van der Waals surface area contributed by atoms with Crippen molar-refractivity contribution in [2.75, 3.05) is 0 Å². The van der Waals surface area contributed by atoms with Gasteiger partial charge in [0.25, 0.3) is 0 Å². The van der Waals surface area contributed by atoms with Crippen molar-refractivity contribution in [3.63, 3.8) is 0 Å². The number of carbonyl (C=O) groups is 1. The Balaban J connectivity index is 2.26. The Hall–Kier alpha value is -1.67. The maximum absolute atomic E-state index is 12.3. The van der Waals surface area contributed by atoms with E-state index in [2.05, 4.69) is 4.98 Å². The van der Waals surface area contributed by atoms with E-state index < -0.39 is 17.0 Å². The number of hydrogen-bond acceptors (Lipinski definition) is 5. The lowest BCUT2D eigenvalue weighted by Gasteiger charge is -1.98. The van der Waals surface area contributed by atoms with Crippen molar-refractivity contribution in [2.45, 2.75) is 12.7 Å². The van der Waals surface area contributed by atoms with Crippen LogP contribution in [-0.4, -0.2) is 10.8 Å². The standard InChI is InChI=1S/C10H7F3N2O2S/c11-10(12,13)9-15-4-7(18-9)8(16)6-2-1-5(3-14)17-6/h1-2,4H,3,14H2. The van der Waals surface area contributed by atoms with Crippen molar-refractivity contribution in [3.05, 3.63) is 39.7 Å². The number of hydrogen-bond donors (Lipinski definition) is 1. The van der Waals surface area contributed by atoms with Gasteiger partial charge in [0.15, 0.2) is 10.8 Å². The van der Waals surface area contributed by atoms with Crippen LogP contribution in [0.25, 0.3) is 0 Å². The first-order valence-corrected chi connectivity index (χ1v) is 5.60. The number of nitrogens with zero attached hydrogens (tertiary/aromatic N) is 1. The molecule has 0 radical (unpaired) electrons. The summed E-state index contributed by atoms with van der Waals surface area (Å²) in [4.78, 5) is 14.8. The SMILES string of the molecule is NCc1ccc(C(=O)c2cnc(C(F)(F)F)s2)o1. The first-order chi connectivity index (χ1) is 8.41. The minimum Gasteiger partial charge on any atom is -0.456 e. The number of furan rings is 1. The van der Waals surface area contributed by atoms with Gasteiger partial charge in [-0.05, 0) is 12.1 Å². The summed E-state index contributed by atoms with van der Waals surface area (Å²) in [7, 11) is 0. The summed E-state index contributed by atoms with van der Waals surface area (Å²) in [6, 6.07) is 2.87. The lowest BCUT2D eigenvalue weighted by molar-refractivity contribution is -0.137. The molecule has 0 fully saturated rings. The van der Waals surface area contributed by atoms with Gasteiger partial charge in [-0.15, -0.1) is 11.3 Å². The molecule has 4 nitrogen and oxygen atoms in total. The molecule has 96 valence electrons. The highest BCUT2D eigenvalue weighted by Crippen LogP contribution is 2.33. The van der Waals surface area contributed by atoms with E-state index in [1.165, 1.54) is 12.1 Å². The summed E-state index contributed by atoms with van der Waals surface area (Å²) < 4.78 is 42.0. The smallest absolute Gasteiger partial charge is 0.443 e. The first-order valence-electron chi connectivity index (χ1n) is 4.78. The fraction of sp³-hybridized carbons (Fsp3) is 0.200. The maximum Gasteiger partial charge on any atom is 0.443 e. The molecule has 2 rings (SSSR count). The van der Waals surface area contributed by atoms with E-state index in [1.807, 2.05) is 0 Å². The molecule has 0 amide bonds. The maximum atomic E-state index is 12.3. The van der Waals surface area contributed by atoms with Crippen LogP contribution in [-0.2, 0) is 12.7 Å². The van der Waals surface area contributed by atoms with Crippen molar-refractivity contribution in [1.82, 2.24) is 4.98 Å². The van der Waals surface area contributed by atoms with Crippen LogP contribution in [0.2, 0.25) is 0 Å². The van der Waals surface area contributed by atoms with Gasteiger partial charge in [0.05, 0.1) is 11.4 Å². The van der Waals surface area contributed by atoms with Crippen molar-refractivity contribution in [1.29, 1.82) is 0 Å². The van der Waals surface area contributed by atoms with E-state index in [4.69, 9.17) is 10.2 Å². The highest BCUT2D eigenvalue weighted by molar-refractivity contribution is 7.13. The largest absolute Gasteiger partial charge is 0.456 e. The molecule has 0 saturated carbocycles. The summed E-state index contributed by atoms with van der Waals surface area (Å²) in [5.74, 6) is -0.297. The first kappa shape index (κ1) is 12.8. The molecule has 0 spiro atoms. The average molecular weight is 276 g/mol. The highest BCUT2D eigenvalue weighted by atomic mass is 32.1. The summed E-state index contributed by atoms with van der Waals surface area (Å²) in [6.45, 7) is 0.115. The summed E-state index contributed by atoms with van der Waals surface area (Å²) in [5.41, 5.74) is 5.30. The monoisotopic (exact) mass is 276 g/mol. The Morgan fingerprint density at radius 3 is 2.67 bits per heavy atom. The molecule has 0 aliphatic carbocycles. The van der Waals surface area contributed by atoms with Crippen LogP contribution in [0.1, 0.15) is 26.2 Å². The van der Waals surface area contributed by atoms with E-state index in [0.29, 0.717) is 5.76 Å². The third-order valence-corrected chi connectivity index (χ3v) is 3.10. The van der Waals surface area contributed by atoms with Gasteiger partial charge < -0.3 is 10.2 Å². The molecule has 2 aromatic rings. The summed E-state index contributed by atoms with van der Waals surface area (Å²) >= 11 is 0.283. The van der Waals surface area contributed by atoms with Crippen LogP contribution in [0.4, 0.5) is 13.2 Å². The second-order valence-corrected chi connectivity index (χ2v) is 4.36. The third-order valence-electron chi connectivity index (χ3n) is 2.06. The second kappa shape index (κ2) is 4.54. The van der Waals surface area contributed by atoms with Crippen LogP contribution in [0.15, 0.2) is 22.7 Å². The predicted octanol–water partition coefficient (Wildman–Crippen LogP) is 2.44. The van der Waals surface area contributed by atoms with Gasteiger partial charge in [-0.2, -0.15) is 13.2 Å². The fourth-order valence-corrected chi connectivity index (χ4v) is 1.97. The average Bonchev–Trinajstić information content (AvgIpc) is 2.96. The van der Waals surface area contributed by atoms with Gasteiger partial charge >= 0.3 is 6.18 Å². The van der Waals surface area contributed by atoms with E-state index in [-0.39, 0.29) is 28.5 Å². The van der Waals surface area contributed by atoms with Crippen LogP contribution < -0.4 is 5.73 Å². The van der Waals surface area contributed by atoms with Crippen molar-refractivity contribution in [2.24, 2.45) is 5.73 Å². The third kappa shape index (κ3) is 2.44. The highest BCUT2D eigenvalue weighted by Gasteiger charge is 2.35. The van der Waals surface area contributed by atoms with Crippen LogP contribution in [0.3, 0.4) is 0 Å². The molecule has 0 aliphatic rings. The minimum atomic E-state index is -4.55. The van der Waals surface area contributed by atoms with Gasteiger partial charge in [-0.25, -0.2) is 4.98 Å². The van der Waals surface area contributed by atoms with Crippen molar-refractivity contribution in [3.8, 4) is 0 Å². The quantitative estimate of drug-likeness (QED) is 0.874. The zero-order chi connectivity index (χ0) is 13.3. The number of thiazole rings is 1. The van der Waals surface area contributed by atoms with Gasteiger partial charge in [0.1, 0.15) is 5.76 Å². The number of aromatic nitrogens is 1. The second-order valence-electron chi connectivity index (χ2n) is 3.33. The van der Waals surface area contributed by atoms with Crippen LogP contribution >= 0.6 is 11.3 Å². The lowest BCUT2D eigenvalue weighted by atomic mass is 10.3. The van der Waals surface area contributed by atoms with E-state index in [9.17, 15) is 18.0 Å². The molecule has 8 heteroatoms. The zero-order valence-corrected chi connectivity index (χ0v) is 9.64. The fourth-order valence-electron chi connectivity index (χ4n) is 1.24. The molecule has 0 saturated heterocycles. The molecule has 0 bridgehead atoms. The number of alkyl halides is 3. The number of ketones is 1. The minimum absolute atomic E-state index is 0.0483. The molecular weight excluding hydrogens is 269 g/mol. The molecule has 0 aliphatic heterocycles. The Morgan fingerprint density at radius 2 is 2.17 bits per heavy atom. The summed E-state index contributed by atoms with van der Waals surface area (Å²) in [5, 5.41) is -1.06. The van der Waals surface area contributed by atoms with E-state index >= 15 is 0 Å². The van der Waals surface area contributed by atoms with Gasteiger partial charge in [0, 0.05) is 6.20 Å². The van der Waals surface area contributed by atoms with Crippen molar-refractivity contribution >= 4 is 17.1 Å². The molecule has 0 aromatic carbocycles. The topological polar surface area (TPSA) is 69.1 Å². The van der Waals surface area contributed by atoms with Gasteiger partial charge in [0.2, 0.25) is 5.78 Å². The molecule has 2 N–H and O–H groups in total. The predicted molar refractivity (Wildman–Crippen MR) is 57.1 cm³/mol.